The van der Waals surface area contributed by atoms with Crippen LogP contribution in [0.25, 0.3) is 64.6 Å². The Kier molecular flexibility index (Phi) is 8.69. The second-order valence-corrected chi connectivity index (χ2v) is 13.3. The number of hydrogen-bond donors (Lipinski definition) is 0. The van der Waals surface area contributed by atoms with Crippen LogP contribution >= 0.6 is 0 Å². The number of rotatable bonds is 17. The van der Waals surface area contributed by atoms with E-state index in [0.29, 0.717) is 12.2 Å². The van der Waals surface area contributed by atoms with Crippen molar-refractivity contribution in [3.8, 4) is 5.75 Å². The number of benzene rings is 7. The van der Waals surface area contributed by atoms with Crippen LogP contribution in [-0.4, -0.2) is 5.97 Å². The maximum Gasteiger partial charge on any atom is 0.311 e. The lowest BCUT2D eigenvalue weighted by atomic mass is 9.83. The van der Waals surface area contributed by atoms with E-state index >= 15 is 0 Å². The Morgan fingerprint density at radius 2 is 0.818 bits per heavy atom. The van der Waals surface area contributed by atoms with Crippen LogP contribution in [0, 0.1) is 0 Å². The summed E-state index contributed by atoms with van der Waals surface area (Å²) in [6, 6.07) is 24.3. The minimum Gasteiger partial charge on any atom is -0.426 e. The molecule has 0 aliphatic rings. The van der Waals surface area contributed by atoms with E-state index in [9.17, 15) is 4.79 Å². The molecular weight excluding hydrogens is 536 g/mol. The Labute approximate surface area is 261 Å². The van der Waals surface area contributed by atoms with Gasteiger partial charge >= 0.3 is 5.97 Å². The minimum atomic E-state index is -0.112. The molecule has 0 N–H and O–H groups in total. The van der Waals surface area contributed by atoms with Crippen LogP contribution in [0.3, 0.4) is 0 Å². The first-order valence-corrected chi connectivity index (χ1v) is 17.6. The average molecular weight is 583 g/mol. The molecule has 0 radical (unpaired) electrons. The molecule has 0 amide bonds. The molecule has 0 unspecified atom stereocenters. The maximum absolute atomic E-state index is 13.1. The molecule has 0 heterocycles. The fourth-order valence-electron chi connectivity index (χ4n) is 7.85. The second kappa shape index (κ2) is 13.1. The smallest absolute Gasteiger partial charge is 0.311 e. The van der Waals surface area contributed by atoms with Crippen molar-refractivity contribution in [1.82, 2.24) is 0 Å². The van der Waals surface area contributed by atoms with Crippen LogP contribution in [0.15, 0.2) is 66.7 Å². The maximum atomic E-state index is 13.1. The summed E-state index contributed by atoms with van der Waals surface area (Å²) in [6.45, 7) is 2.28. The quantitative estimate of drug-likeness (QED) is 0.0351. The summed E-state index contributed by atoms with van der Waals surface area (Å²) in [5, 5.41) is 15.1. The third-order valence-electron chi connectivity index (χ3n) is 10.2. The lowest BCUT2D eigenvalue weighted by Gasteiger charge is -2.21. The summed E-state index contributed by atoms with van der Waals surface area (Å²) in [4.78, 5) is 13.1. The zero-order valence-electron chi connectivity index (χ0n) is 26.5. The number of carbonyl (C=O) groups is 1. The van der Waals surface area contributed by atoms with Gasteiger partial charge in [0, 0.05) is 17.2 Å². The van der Waals surface area contributed by atoms with Crippen LogP contribution in [0.2, 0.25) is 0 Å². The molecule has 2 heteroatoms. The Morgan fingerprint density at radius 3 is 1.30 bits per heavy atom. The van der Waals surface area contributed by atoms with Gasteiger partial charge in [0.15, 0.2) is 0 Å². The van der Waals surface area contributed by atoms with Crippen LogP contribution in [0.4, 0.5) is 0 Å². The lowest BCUT2D eigenvalue weighted by molar-refractivity contribution is -0.134. The topological polar surface area (TPSA) is 26.3 Å². The largest absolute Gasteiger partial charge is 0.426 e. The first-order valence-electron chi connectivity index (χ1n) is 17.6. The highest BCUT2D eigenvalue weighted by Gasteiger charge is 2.22. The molecule has 0 bridgehead atoms. The first kappa shape index (κ1) is 29.1. The van der Waals surface area contributed by atoms with E-state index in [2.05, 4.69) is 73.7 Å². The lowest BCUT2D eigenvalue weighted by Crippen LogP contribution is -2.08. The average Bonchev–Trinajstić information content (AvgIpc) is 3.05. The fourth-order valence-corrected chi connectivity index (χ4v) is 7.85. The monoisotopic (exact) mass is 582 g/mol. The van der Waals surface area contributed by atoms with Crippen molar-refractivity contribution >= 4 is 70.6 Å². The van der Waals surface area contributed by atoms with Gasteiger partial charge in [-0.3, -0.25) is 4.79 Å². The van der Waals surface area contributed by atoms with Gasteiger partial charge in [-0.1, -0.05) is 151 Å². The van der Waals surface area contributed by atoms with Gasteiger partial charge in [0.2, 0.25) is 0 Å². The standard InChI is InChI=1S/C42H46O2/c1-2-3-4-5-6-7-8-9-10-11-12-13-14-15-16-17-36(43)44-35-28-33-25-24-31-21-19-29-18-20-30-22-23-32-26-27-34(35)42-40(32)38(30)37(29)39(31)41(33)42/h18-28H,2-17H2,1H3. The van der Waals surface area contributed by atoms with Crippen molar-refractivity contribution in [2.45, 2.75) is 110 Å². The van der Waals surface area contributed by atoms with Crippen LogP contribution in [0.5, 0.6) is 5.75 Å². The van der Waals surface area contributed by atoms with Crippen molar-refractivity contribution in [1.29, 1.82) is 0 Å². The molecule has 0 atom stereocenters. The Morgan fingerprint density at radius 1 is 0.455 bits per heavy atom. The molecular formula is C42H46O2. The fraction of sp³-hybridized carbons (Fsp3) is 0.405. The Balaban J connectivity index is 0.968. The molecule has 226 valence electrons. The summed E-state index contributed by atoms with van der Waals surface area (Å²) in [5.74, 6) is 0.586. The van der Waals surface area contributed by atoms with E-state index in [1.165, 1.54) is 137 Å². The molecule has 0 fully saturated rings. The molecule has 7 aromatic rings. The van der Waals surface area contributed by atoms with Crippen LogP contribution < -0.4 is 4.74 Å². The van der Waals surface area contributed by atoms with E-state index in [1.807, 2.05) is 0 Å². The van der Waals surface area contributed by atoms with Crippen molar-refractivity contribution < 1.29 is 9.53 Å². The summed E-state index contributed by atoms with van der Waals surface area (Å²) in [6.07, 6.45) is 20.3. The molecule has 0 aliphatic carbocycles. The summed E-state index contributed by atoms with van der Waals surface area (Å²) in [7, 11) is 0. The van der Waals surface area contributed by atoms with E-state index in [4.69, 9.17) is 4.74 Å². The highest BCUT2D eigenvalue weighted by atomic mass is 16.5. The molecule has 0 spiro atoms. The predicted octanol–water partition coefficient (Wildman–Crippen LogP) is 13.1. The van der Waals surface area contributed by atoms with Gasteiger partial charge in [-0.05, 0) is 72.4 Å². The molecule has 0 saturated carbocycles. The van der Waals surface area contributed by atoms with Gasteiger partial charge in [-0.15, -0.1) is 0 Å². The van der Waals surface area contributed by atoms with Gasteiger partial charge in [-0.25, -0.2) is 0 Å². The number of esters is 1. The Hall–Kier alpha value is -3.65. The highest BCUT2D eigenvalue weighted by Crippen LogP contribution is 2.50. The third kappa shape index (κ3) is 5.53. The van der Waals surface area contributed by atoms with Crippen molar-refractivity contribution in [3.05, 3.63) is 66.7 Å². The molecule has 7 rings (SSSR count). The molecule has 44 heavy (non-hydrogen) atoms. The second-order valence-electron chi connectivity index (χ2n) is 13.3. The van der Waals surface area contributed by atoms with Gasteiger partial charge in [0.25, 0.3) is 0 Å². The summed E-state index contributed by atoms with van der Waals surface area (Å²) in [5.41, 5.74) is 0. The Bertz CT molecular complexity index is 1920. The first-order chi connectivity index (χ1) is 21.7. The third-order valence-corrected chi connectivity index (χ3v) is 10.2. The molecule has 0 aromatic heterocycles. The van der Waals surface area contributed by atoms with Crippen LogP contribution in [-0.2, 0) is 4.79 Å². The van der Waals surface area contributed by atoms with E-state index in [-0.39, 0.29) is 5.97 Å². The van der Waals surface area contributed by atoms with Gasteiger partial charge < -0.3 is 4.74 Å². The molecule has 0 saturated heterocycles. The summed E-state index contributed by atoms with van der Waals surface area (Å²) < 4.78 is 6.15. The van der Waals surface area contributed by atoms with Gasteiger partial charge in [0.1, 0.15) is 5.75 Å². The zero-order valence-corrected chi connectivity index (χ0v) is 26.5. The van der Waals surface area contributed by atoms with E-state index in [1.54, 1.807) is 0 Å². The SMILES string of the molecule is CCCCCCCCCCCCCCCCCC(=O)Oc1cc2ccc3ccc4ccc5ccc6ccc1c1c6c5c4c3c21. The number of unbranched alkanes of at least 4 members (excludes halogenated alkanes) is 14. The molecule has 7 aromatic carbocycles. The van der Waals surface area contributed by atoms with Crippen molar-refractivity contribution in [3.63, 3.8) is 0 Å². The minimum absolute atomic E-state index is 0.112. The summed E-state index contributed by atoms with van der Waals surface area (Å²) >= 11 is 0. The van der Waals surface area contributed by atoms with Gasteiger partial charge in [-0.2, -0.15) is 0 Å². The number of carbonyl (C=O) groups excluding carboxylic acids is 1. The van der Waals surface area contributed by atoms with Crippen molar-refractivity contribution in [2.75, 3.05) is 0 Å². The number of hydrogen-bond acceptors (Lipinski definition) is 2. The normalized spacial score (nSPS) is 12.4. The molecule has 0 aliphatic heterocycles. The highest BCUT2D eigenvalue weighted by molar-refractivity contribution is 6.45. The van der Waals surface area contributed by atoms with Crippen LogP contribution in [0.1, 0.15) is 110 Å². The zero-order chi connectivity index (χ0) is 29.9. The van der Waals surface area contributed by atoms with Gasteiger partial charge in [0.05, 0.1) is 0 Å². The molecule has 2 nitrogen and oxygen atoms in total. The van der Waals surface area contributed by atoms with Crippen molar-refractivity contribution in [2.24, 2.45) is 0 Å². The predicted molar refractivity (Wildman–Crippen MR) is 190 cm³/mol. The van der Waals surface area contributed by atoms with E-state index < -0.39 is 0 Å². The number of ether oxygens (including phenoxy) is 1. The van der Waals surface area contributed by atoms with E-state index in [0.717, 1.165) is 23.6 Å².